The van der Waals surface area contributed by atoms with E-state index in [-0.39, 0.29) is 17.4 Å². The molecule has 0 amide bonds. The minimum Gasteiger partial charge on any atom is -0.380 e. The smallest absolute Gasteiger partial charge is 0.183 e. The van der Waals surface area contributed by atoms with Gasteiger partial charge in [0.15, 0.2) is 9.84 Å². The van der Waals surface area contributed by atoms with Gasteiger partial charge in [-0.25, -0.2) is 8.42 Å². The summed E-state index contributed by atoms with van der Waals surface area (Å²) < 4.78 is 32.1. The van der Waals surface area contributed by atoms with Crippen LogP contribution < -0.4 is 0 Å². The molecule has 2 aromatic rings. The number of hydrogen-bond acceptors (Lipinski definition) is 4. The van der Waals surface area contributed by atoms with E-state index in [1.807, 2.05) is 45.0 Å². The zero-order valence-corrected chi connectivity index (χ0v) is 16.1. The van der Waals surface area contributed by atoms with E-state index in [0.29, 0.717) is 6.61 Å². The van der Waals surface area contributed by atoms with Crippen molar-refractivity contribution in [2.24, 2.45) is 5.41 Å². The largest absolute Gasteiger partial charge is 0.380 e. The molecule has 1 aliphatic rings. The summed E-state index contributed by atoms with van der Waals surface area (Å²) in [7, 11) is -3.64. The van der Waals surface area contributed by atoms with Crippen molar-refractivity contribution in [2.45, 2.75) is 36.8 Å². The Hall–Kier alpha value is -2.16. The van der Waals surface area contributed by atoms with Crippen molar-refractivity contribution < 1.29 is 13.2 Å². The third-order valence-electron chi connectivity index (χ3n) is 5.13. The summed E-state index contributed by atoms with van der Waals surface area (Å²) in [6, 6.07) is 16.8. The van der Waals surface area contributed by atoms with Crippen molar-refractivity contribution in [1.82, 2.24) is 0 Å². The monoisotopic (exact) mass is 369 g/mol. The van der Waals surface area contributed by atoms with Crippen LogP contribution in [0.5, 0.6) is 0 Å². The van der Waals surface area contributed by atoms with Gasteiger partial charge in [0.25, 0.3) is 0 Å². The number of ether oxygens (including phenoxy) is 1. The normalized spacial score (nSPS) is 24.8. The summed E-state index contributed by atoms with van der Waals surface area (Å²) in [6.45, 7) is 6.31. The Bertz CT molecular complexity index is 927. The summed E-state index contributed by atoms with van der Waals surface area (Å²) in [6.07, 6.45) is 0. The second-order valence-corrected chi connectivity index (χ2v) is 9.03. The van der Waals surface area contributed by atoms with Crippen LogP contribution in [-0.2, 0) is 14.6 Å². The minimum atomic E-state index is -3.64. The van der Waals surface area contributed by atoms with Crippen molar-refractivity contribution in [3.05, 3.63) is 65.2 Å². The first-order valence-corrected chi connectivity index (χ1v) is 10.3. The Kier molecular flexibility index (Phi) is 4.92. The molecule has 0 N–H and O–H groups in total. The van der Waals surface area contributed by atoms with Crippen LogP contribution in [0.1, 0.15) is 29.5 Å². The van der Waals surface area contributed by atoms with E-state index in [2.05, 4.69) is 6.07 Å². The van der Waals surface area contributed by atoms with Crippen LogP contribution in [-0.4, -0.2) is 26.9 Å². The Morgan fingerprint density at radius 2 is 1.58 bits per heavy atom. The molecule has 26 heavy (non-hydrogen) atoms. The van der Waals surface area contributed by atoms with Crippen molar-refractivity contribution in [3.63, 3.8) is 0 Å². The maximum Gasteiger partial charge on any atom is 0.183 e. The van der Waals surface area contributed by atoms with Crippen LogP contribution in [0.2, 0.25) is 0 Å². The summed E-state index contributed by atoms with van der Waals surface area (Å²) in [5.41, 5.74) is 1.92. The molecule has 0 unspecified atom stereocenters. The quantitative estimate of drug-likeness (QED) is 0.777. The van der Waals surface area contributed by atoms with Gasteiger partial charge in [-0.2, -0.15) is 5.26 Å². The Balaban J connectivity index is 2.05. The highest BCUT2D eigenvalue weighted by atomic mass is 32.2. The van der Waals surface area contributed by atoms with Gasteiger partial charge in [0.05, 0.1) is 22.8 Å². The van der Waals surface area contributed by atoms with Gasteiger partial charge < -0.3 is 4.74 Å². The molecule has 0 bridgehead atoms. The molecule has 0 spiro atoms. The maximum absolute atomic E-state index is 13.3. The van der Waals surface area contributed by atoms with Crippen LogP contribution >= 0.6 is 0 Å². The molecule has 0 radical (unpaired) electrons. The van der Waals surface area contributed by atoms with Crippen LogP contribution in [0.3, 0.4) is 0 Å². The van der Waals surface area contributed by atoms with Crippen LogP contribution in [0.25, 0.3) is 0 Å². The Morgan fingerprint density at radius 3 is 2.08 bits per heavy atom. The predicted molar refractivity (Wildman–Crippen MR) is 101 cm³/mol. The van der Waals surface area contributed by atoms with Crippen LogP contribution in [0.15, 0.2) is 53.4 Å². The van der Waals surface area contributed by atoms with E-state index in [4.69, 9.17) is 4.74 Å². The van der Waals surface area contributed by atoms with Gasteiger partial charge in [-0.15, -0.1) is 0 Å². The van der Waals surface area contributed by atoms with Crippen molar-refractivity contribution in [3.8, 4) is 6.07 Å². The second kappa shape index (κ2) is 6.86. The highest BCUT2D eigenvalue weighted by Gasteiger charge is 2.72. The average Bonchev–Trinajstić information content (AvgIpc) is 3.31. The molecule has 0 aliphatic heterocycles. The fourth-order valence-electron chi connectivity index (χ4n) is 3.59. The molecule has 1 saturated carbocycles. The van der Waals surface area contributed by atoms with Gasteiger partial charge in [-0.05, 0) is 38.5 Å². The van der Waals surface area contributed by atoms with Gasteiger partial charge in [-0.3, -0.25) is 0 Å². The van der Waals surface area contributed by atoms with Crippen LogP contribution in [0.4, 0.5) is 0 Å². The first-order chi connectivity index (χ1) is 12.4. The lowest BCUT2D eigenvalue weighted by atomic mass is 10.0. The molecule has 3 atom stereocenters. The molecule has 2 aromatic carbocycles. The first kappa shape index (κ1) is 18.6. The molecular weight excluding hydrogens is 346 g/mol. The molecule has 1 aliphatic carbocycles. The number of hydrogen-bond donors (Lipinski definition) is 0. The zero-order valence-electron chi connectivity index (χ0n) is 15.3. The number of aryl methyl sites for hydroxylation is 2. The number of nitrogens with zero attached hydrogens (tertiary/aromatic N) is 1. The highest BCUT2D eigenvalue weighted by Crippen LogP contribution is 2.63. The number of nitriles is 1. The molecule has 136 valence electrons. The van der Waals surface area contributed by atoms with Crippen molar-refractivity contribution in [1.29, 1.82) is 5.26 Å². The molecule has 0 saturated heterocycles. The van der Waals surface area contributed by atoms with E-state index in [0.717, 1.165) is 16.7 Å². The van der Waals surface area contributed by atoms with Gasteiger partial charge in [0.2, 0.25) is 0 Å². The number of benzene rings is 2. The SMILES string of the molecule is CCOC[C@]1(C#N)[C@H](c2ccc(C)cc2)[C@@H]1S(=O)(=O)c1ccc(C)cc1. The summed E-state index contributed by atoms with van der Waals surface area (Å²) in [5.74, 6) is -0.383. The van der Waals surface area contributed by atoms with Crippen molar-refractivity contribution in [2.75, 3.05) is 13.2 Å². The van der Waals surface area contributed by atoms with Crippen molar-refractivity contribution >= 4 is 9.84 Å². The summed E-state index contributed by atoms with van der Waals surface area (Å²) in [4.78, 5) is 0.263. The fraction of sp³-hybridized carbons (Fsp3) is 0.381. The van der Waals surface area contributed by atoms with E-state index < -0.39 is 20.5 Å². The van der Waals surface area contributed by atoms with Gasteiger partial charge in [0, 0.05) is 12.5 Å². The maximum atomic E-state index is 13.3. The van der Waals surface area contributed by atoms with Gasteiger partial charge >= 0.3 is 0 Å². The lowest BCUT2D eigenvalue weighted by Gasteiger charge is -2.10. The third-order valence-corrected chi connectivity index (χ3v) is 7.42. The molecule has 0 aromatic heterocycles. The van der Waals surface area contributed by atoms with E-state index in [1.54, 1.807) is 24.3 Å². The summed E-state index contributed by atoms with van der Waals surface area (Å²) >= 11 is 0. The zero-order chi connectivity index (χ0) is 18.9. The lowest BCUT2D eigenvalue weighted by Crippen LogP contribution is -2.19. The second-order valence-electron chi connectivity index (χ2n) is 6.96. The average molecular weight is 369 g/mol. The summed E-state index contributed by atoms with van der Waals surface area (Å²) in [5, 5.41) is 9.11. The molecule has 5 heteroatoms. The number of sulfone groups is 1. The Labute approximate surface area is 155 Å². The molecule has 0 heterocycles. The predicted octanol–water partition coefficient (Wildman–Crippen LogP) is 3.79. The third kappa shape index (κ3) is 3.04. The standard InChI is InChI=1S/C21H23NO3S/c1-4-25-14-21(13-22)19(17-9-5-15(2)6-10-17)20(21)26(23,24)18-11-7-16(3)8-12-18/h5-12,19-20H,4,14H2,1-3H3/t19-,20+,21-/m1/s1. The number of rotatable bonds is 6. The lowest BCUT2D eigenvalue weighted by molar-refractivity contribution is 0.117. The Morgan fingerprint density at radius 1 is 1.04 bits per heavy atom. The minimum absolute atomic E-state index is 0.119. The van der Waals surface area contributed by atoms with E-state index in [9.17, 15) is 13.7 Å². The van der Waals surface area contributed by atoms with Crippen LogP contribution in [0, 0.1) is 30.6 Å². The molecular formula is C21H23NO3S. The topological polar surface area (TPSA) is 67.2 Å². The van der Waals surface area contributed by atoms with Gasteiger partial charge in [0.1, 0.15) is 5.41 Å². The highest BCUT2D eigenvalue weighted by molar-refractivity contribution is 7.92. The van der Waals surface area contributed by atoms with E-state index in [1.165, 1.54) is 0 Å². The fourth-order valence-corrected chi connectivity index (χ4v) is 5.90. The molecule has 4 nitrogen and oxygen atoms in total. The first-order valence-electron chi connectivity index (χ1n) is 8.73. The van der Waals surface area contributed by atoms with E-state index >= 15 is 0 Å². The van der Waals surface area contributed by atoms with Gasteiger partial charge in [-0.1, -0.05) is 47.5 Å². The molecule has 3 rings (SSSR count). The molecule has 1 fully saturated rings.